The van der Waals surface area contributed by atoms with E-state index in [-0.39, 0.29) is 24.5 Å². The van der Waals surface area contributed by atoms with Gasteiger partial charge in [0.25, 0.3) is 0 Å². The van der Waals surface area contributed by atoms with Crippen molar-refractivity contribution in [1.82, 2.24) is 4.90 Å². The van der Waals surface area contributed by atoms with Crippen molar-refractivity contribution in [3.05, 3.63) is 70.3 Å². The van der Waals surface area contributed by atoms with Gasteiger partial charge < -0.3 is 14.4 Å². The molecule has 0 saturated carbocycles. The van der Waals surface area contributed by atoms with Crippen LogP contribution in [0.15, 0.2) is 42.0 Å². The first-order valence-electron chi connectivity index (χ1n) is 9.51. The minimum Gasteiger partial charge on any atom is -0.488 e. The van der Waals surface area contributed by atoms with Crippen LogP contribution in [-0.4, -0.2) is 30.2 Å². The van der Waals surface area contributed by atoms with Crippen LogP contribution in [0.25, 0.3) is 6.08 Å². The lowest BCUT2D eigenvalue weighted by atomic mass is 10.0. The van der Waals surface area contributed by atoms with Crippen molar-refractivity contribution in [1.29, 1.82) is 0 Å². The summed E-state index contributed by atoms with van der Waals surface area (Å²) in [6, 6.07) is 8.73. The zero-order valence-electron chi connectivity index (χ0n) is 16.9. The molecule has 4 nitrogen and oxygen atoms in total. The molecule has 0 atom stereocenters. The highest BCUT2D eigenvalue weighted by atomic mass is 19.1. The predicted octanol–water partition coefficient (Wildman–Crippen LogP) is 4.56. The van der Waals surface area contributed by atoms with E-state index in [0.29, 0.717) is 30.0 Å². The van der Waals surface area contributed by atoms with Crippen LogP contribution in [0.5, 0.6) is 5.75 Å². The smallest absolute Gasteiger partial charge is 0.249 e. The maximum Gasteiger partial charge on any atom is 0.249 e. The van der Waals surface area contributed by atoms with E-state index in [1.165, 1.54) is 6.07 Å². The molecule has 0 fully saturated rings. The fourth-order valence-corrected chi connectivity index (χ4v) is 2.97. The number of rotatable bonds is 9. The summed E-state index contributed by atoms with van der Waals surface area (Å²) >= 11 is 0. The number of likely N-dealkylation sites (N-methyl/N-ethyl adjacent to an activating group) is 1. The monoisotopic (exact) mass is 401 g/mol. The number of halogens is 2. The fraction of sp³-hybridized carbons (Fsp3) is 0.304. The number of carbonyl (C=O) groups excluding carboxylic acids is 2. The van der Waals surface area contributed by atoms with Crippen LogP contribution in [0.1, 0.15) is 37.5 Å². The van der Waals surface area contributed by atoms with Crippen molar-refractivity contribution in [3.8, 4) is 5.75 Å². The van der Waals surface area contributed by atoms with Crippen LogP contribution < -0.4 is 4.74 Å². The Morgan fingerprint density at radius 2 is 1.76 bits per heavy atom. The highest BCUT2D eigenvalue weighted by Gasteiger charge is 2.13. The van der Waals surface area contributed by atoms with Crippen LogP contribution in [0.2, 0.25) is 0 Å². The van der Waals surface area contributed by atoms with E-state index in [4.69, 9.17) is 4.74 Å². The second kappa shape index (κ2) is 10.5. The molecule has 2 aromatic carbocycles. The van der Waals surface area contributed by atoms with E-state index in [0.717, 1.165) is 24.0 Å². The molecule has 1 amide bonds. The Morgan fingerprint density at radius 1 is 1.10 bits per heavy atom. The van der Waals surface area contributed by atoms with Crippen molar-refractivity contribution in [2.45, 2.75) is 33.8 Å². The summed E-state index contributed by atoms with van der Waals surface area (Å²) in [5.41, 5.74) is 1.72. The zero-order valence-corrected chi connectivity index (χ0v) is 16.9. The van der Waals surface area contributed by atoms with Gasteiger partial charge in [-0.25, -0.2) is 8.78 Å². The Balaban J connectivity index is 2.25. The average Bonchev–Trinajstić information content (AvgIpc) is 2.70. The summed E-state index contributed by atoms with van der Waals surface area (Å²) in [6.07, 6.45) is 2.56. The van der Waals surface area contributed by atoms with E-state index < -0.39 is 11.6 Å². The number of carbonyl (C=O) groups is 2. The largest absolute Gasteiger partial charge is 0.488 e. The fourth-order valence-electron chi connectivity index (χ4n) is 2.97. The molecule has 0 bridgehead atoms. The molecule has 0 radical (unpaired) electrons. The van der Waals surface area contributed by atoms with Crippen LogP contribution in [0, 0.1) is 11.6 Å². The van der Waals surface area contributed by atoms with Crippen molar-refractivity contribution >= 4 is 18.3 Å². The number of ether oxygens (including phenoxy) is 1. The van der Waals surface area contributed by atoms with E-state index in [1.54, 1.807) is 36.1 Å². The van der Waals surface area contributed by atoms with Gasteiger partial charge in [0.2, 0.25) is 5.91 Å². The lowest BCUT2D eigenvalue weighted by Gasteiger charge is -2.19. The lowest BCUT2D eigenvalue weighted by molar-refractivity contribution is -0.126. The van der Waals surface area contributed by atoms with Crippen molar-refractivity contribution in [3.63, 3.8) is 0 Å². The Kier molecular flexibility index (Phi) is 8.07. The maximum absolute atomic E-state index is 13.8. The number of hydrogen-bond donors (Lipinski definition) is 0. The zero-order chi connectivity index (χ0) is 21.4. The maximum atomic E-state index is 13.8. The third-order valence-electron chi connectivity index (χ3n) is 4.59. The molecular weight excluding hydrogens is 376 g/mol. The highest BCUT2D eigenvalue weighted by molar-refractivity contribution is 5.97. The normalized spacial score (nSPS) is 11.3. The molecule has 0 spiro atoms. The van der Waals surface area contributed by atoms with E-state index >= 15 is 0 Å². The number of aldehydes is 1. The number of hydrogen-bond acceptors (Lipinski definition) is 3. The highest BCUT2D eigenvalue weighted by Crippen LogP contribution is 2.24. The molecule has 2 aromatic rings. The first kappa shape index (κ1) is 22.3. The van der Waals surface area contributed by atoms with Gasteiger partial charge in [0, 0.05) is 30.6 Å². The Labute approximate surface area is 169 Å². The first-order valence-corrected chi connectivity index (χ1v) is 9.51. The SMILES string of the molecule is CCN(CC)C(=O)/C(C)=C\c1ccc(OCc2c(F)cccc2F)c(CC=O)c1. The molecule has 0 N–H and O–H groups in total. The van der Waals surface area contributed by atoms with Gasteiger partial charge in [-0.3, -0.25) is 4.79 Å². The molecule has 154 valence electrons. The Morgan fingerprint density at radius 3 is 2.34 bits per heavy atom. The van der Waals surface area contributed by atoms with Gasteiger partial charge >= 0.3 is 0 Å². The van der Waals surface area contributed by atoms with Gasteiger partial charge in [0.1, 0.15) is 30.3 Å². The Hall–Kier alpha value is -3.02. The van der Waals surface area contributed by atoms with Crippen molar-refractivity contribution in [2.24, 2.45) is 0 Å². The molecule has 0 aliphatic carbocycles. The molecule has 0 heterocycles. The van der Waals surface area contributed by atoms with Crippen LogP contribution in [0.3, 0.4) is 0 Å². The molecule has 2 rings (SSSR count). The van der Waals surface area contributed by atoms with Gasteiger partial charge in [-0.1, -0.05) is 12.1 Å². The predicted molar refractivity (Wildman–Crippen MR) is 108 cm³/mol. The van der Waals surface area contributed by atoms with Crippen molar-refractivity contribution in [2.75, 3.05) is 13.1 Å². The minimum atomic E-state index is -0.688. The quantitative estimate of drug-likeness (QED) is 0.457. The number of benzene rings is 2. The molecule has 0 aliphatic rings. The van der Waals surface area contributed by atoms with E-state index in [1.807, 2.05) is 13.8 Å². The number of nitrogens with zero attached hydrogens (tertiary/aromatic N) is 1. The summed E-state index contributed by atoms with van der Waals surface area (Å²) < 4.78 is 33.2. The summed E-state index contributed by atoms with van der Waals surface area (Å²) in [5, 5.41) is 0. The summed E-state index contributed by atoms with van der Waals surface area (Å²) in [4.78, 5) is 25.2. The van der Waals surface area contributed by atoms with Crippen LogP contribution in [0.4, 0.5) is 8.78 Å². The van der Waals surface area contributed by atoms with Crippen LogP contribution in [-0.2, 0) is 22.6 Å². The molecule has 0 aromatic heterocycles. The van der Waals surface area contributed by atoms with Crippen LogP contribution >= 0.6 is 0 Å². The standard InChI is InChI=1S/C23H25F2NO3/c1-4-26(5-2)23(28)16(3)13-17-9-10-22(18(14-17)11-12-27)29-15-19-20(24)7-6-8-21(19)25/h6-10,12-14H,4-5,11,15H2,1-3H3/b16-13-. The second-order valence-corrected chi connectivity index (χ2v) is 6.53. The lowest BCUT2D eigenvalue weighted by Crippen LogP contribution is -2.30. The summed E-state index contributed by atoms with van der Waals surface area (Å²) in [6.45, 7) is 6.53. The van der Waals surface area contributed by atoms with E-state index in [9.17, 15) is 18.4 Å². The van der Waals surface area contributed by atoms with Gasteiger partial charge in [-0.15, -0.1) is 0 Å². The topological polar surface area (TPSA) is 46.6 Å². The second-order valence-electron chi connectivity index (χ2n) is 6.53. The van der Waals surface area contributed by atoms with Gasteiger partial charge in [-0.05, 0) is 56.7 Å². The van der Waals surface area contributed by atoms with Gasteiger partial charge in [0.05, 0.1) is 5.56 Å². The molecule has 6 heteroatoms. The van der Waals surface area contributed by atoms with E-state index in [2.05, 4.69) is 0 Å². The summed E-state index contributed by atoms with van der Waals surface area (Å²) in [7, 11) is 0. The molecule has 0 saturated heterocycles. The summed E-state index contributed by atoms with van der Waals surface area (Å²) in [5.74, 6) is -1.06. The Bertz CT molecular complexity index is 885. The molecule has 0 aliphatic heterocycles. The van der Waals surface area contributed by atoms with Gasteiger partial charge in [-0.2, -0.15) is 0 Å². The first-order chi connectivity index (χ1) is 13.9. The average molecular weight is 401 g/mol. The third-order valence-corrected chi connectivity index (χ3v) is 4.59. The third kappa shape index (κ3) is 5.73. The number of amides is 1. The van der Waals surface area contributed by atoms with Gasteiger partial charge in [0.15, 0.2) is 0 Å². The molecular formula is C23H25F2NO3. The minimum absolute atomic E-state index is 0.0534. The molecule has 0 unspecified atom stereocenters. The molecule has 29 heavy (non-hydrogen) atoms. The van der Waals surface area contributed by atoms with Crippen molar-refractivity contribution < 1.29 is 23.1 Å².